The van der Waals surface area contributed by atoms with Gasteiger partial charge in [0.15, 0.2) is 21.4 Å². The van der Waals surface area contributed by atoms with Gasteiger partial charge >= 0.3 is 6.09 Å². The maximum atomic E-state index is 14.3. The van der Waals surface area contributed by atoms with Crippen LogP contribution in [0.15, 0.2) is 29.3 Å². The van der Waals surface area contributed by atoms with E-state index in [1.54, 1.807) is 11.1 Å². The molecule has 2 aliphatic rings. The SMILES string of the molecule is CC(C)OC(=O)N1CCC2(CC1)COc1c(COc3ccc(S(C)(=O)=O)cc3F)cnn12. The molecule has 0 saturated carbocycles. The van der Waals surface area contributed by atoms with Gasteiger partial charge in [0.05, 0.1) is 22.8 Å². The van der Waals surface area contributed by atoms with Crippen molar-refractivity contribution in [3.63, 3.8) is 0 Å². The highest BCUT2D eigenvalue weighted by Crippen LogP contribution is 2.40. The summed E-state index contributed by atoms with van der Waals surface area (Å²) in [4.78, 5) is 13.7. The molecule has 4 rings (SSSR count). The molecule has 0 N–H and O–H groups in total. The van der Waals surface area contributed by atoms with E-state index in [4.69, 9.17) is 14.2 Å². The highest BCUT2D eigenvalue weighted by molar-refractivity contribution is 7.90. The lowest BCUT2D eigenvalue weighted by molar-refractivity contribution is 0.0476. The van der Waals surface area contributed by atoms with Crippen LogP contribution >= 0.6 is 0 Å². The van der Waals surface area contributed by atoms with Gasteiger partial charge in [-0.2, -0.15) is 5.10 Å². The van der Waals surface area contributed by atoms with E-state index in [1.807, 2.05) is 18.5 Å². The van der Waals surface area contributed by atoms with Crippen LogP contribution in [0.3, 0.4) is 0 Å². The number of carbonyl (C=O) groups excluding carboxylic acids is 1. The first-order valence-electron chi connectivity index (χ1n) is 10.4. The number of benzene rings is 1. The molecule has 1 fully saturated rings. The van der Waals surface area contributed by atoms with Gasteiger partial charge in [-0.1, -0.05) is 0 Å². The van der Waals surface area contributed by atoms with Crippen LogP contribution in [0.25, 0.3) is 0 Å². The van der Waals surface area contributed by atoms with Gasteiger partial charge < -0.3 is 19.1 Å². The van der Waals surface area contributed by atoms with Crippen LogP contribution in [0.1, 0.15) is 32.3 Å². The Balaban J connectivity index is 1.42. The Morgan fingerprint density at radius 1 is 1.31 bits per heavy atom. The summed E-state index contributed by atoms with van der Waals surface area (Å²) in [6.07, 6.45) is 3.52. The van der Waals surface area contributed by atoms with E-state index in [9.17, 15) is 17.6 Å². The van der Waals surface area contributed by atoms with E-state index >= 15 is 0 Å². The topological polar surface area (TPSA) is 100.0 Å². The minimum atomic E-state index is -3.50. The molecule has 0 bridgehead atoms. The summed E-state index contributed by atoms with van der Waals surface area (Å²) < 4.78 is 56.0. The average Bonchev–Trinajstić information content (AvgIpc) is 3.28. The van der Waals surface area contributed by atoms with Crippen LogP contribution in [0.2, 0.25) is 0 Å². The van der Waals surface area contributed by atoms with Crippen molar-refractivity contribution in [2.75, 3.05) is 26.0 Å². The summed E-state index contributed by atoms with van der Waals surface area (Å²) >= 11 is 0. The number of piperidine rings is 1. The van der Waals surface area contributed by atoms with E-state index < -0.39 is 15.7 Å². The number of hydrogen-bond acceptors (Lipinski definition) is 7. The molecular formula is C21H26FN3O6S. The number of nitrogens with zero attached hydrogens (tertiary/aromatic N) is 3. The first-order valence-corrected chi connectivity index (χ1v) is 12.3. The largest absolute Gasteiger partial charge is 0.486 e. The Labute approximate surface area is 186 Å². The quantitative estimate of drug-likeness (QED) is 0.667. The second-order valence-corrected chi connectivity index (χ2v) is 10.5. The Kier molecular flexibility index (Phi) is 5.78. The molecule has 0 atom stereocenters. The van der Waals surface area contributed by atoms with E-state index in [0.717, 1.165) is 12.3 Å². The van der Waals surface area contributed by atoms with Gasteiger partial charge in [0.2, 0.25) is 5.88 Å². The van der Waals surface area contributed by atoms with Gasteiger partial charge in [0, 0.05) is 19.3 Å². The number of carbonyl (C=O) groups is 1. The van der Waals surface area contributed by atoms with E-state index in [0.29, 0.717) is 44.0 Å². The number of amides is 1. The highest BCUT2D eigenvalue weighted by Gasteiger charge is 2.45. The zero-order valence-corrected chi connectivity index (χ0v) is 19.0. The van der Waals surface area contributed by atoms with Crippen LogP contribution in [0.4, 0.5) is 9.18 Å². The number of ether oxygens (including phenoxy) is 3. The summed E-state index contributed by atoms with van der Waals surface area (Å²) in [6, 6.07) is 3.54. The van der Waals surface area contributed by atoms with E-state index in [2.05, 4.69) is 5.10 Å². The molecule has 32 heavy (non-hydrogen) atoms. The molecule has 1 aromatic carbocycles. The van der Waals surface area contributed by atoms with Crippen molar-refractivity contribution in [1.82, 2.24) is 14.7 Å². The molecule has 0 aliphatic carbocycles. The molecule has 9 nitrogen and oxygen atoms in total. The number of rotatable bonds is 5. The molecule has 3 heterocycles. The Morgan fingerprint density at radius 3 is 2.66 bits per heavy atom. The lowest BCUT2D eigenvalue weighted by Crippen LogP contribution is -2.49. The first-order chi connectivity index (χ1) is 15.1. The zero-order valence-electron chi connectivity index (χ0n) is 18.2. The van der Waals surface area contributed by atoms with Crippen LogP contribution in [0, 0.1) is 5.82 Å². The molecule has 11 heteroatoms. The van der Waals surface area contributed by atoms with E-state index in [-0.39, 0.29) is 35.0 Å². The standard InChI is InChI=1S/C21H26FN3O6S/c1-14(2)31-20(26)24-8-6-21(7-9-24)13-30-19-15(11-23-25(19)21)12-29-18-5-4-16(10-17(18)22)32(3,27)28/h4-5,10-11,14H,6-9,12-13H2,1-3H3. The zero-order chi connectivity index (χ0) is 23.1. The monoisotopic (exact) mass is 467 g/mol. The lowest BCUT2D eigenvalue weighted by atomic mass is 9.89. The smallest absolute Gasteiger partial charge is 0.410 e. The number of halogens is 1. The molecular weight excluding hydrogens is 441 g/mol. The predicted molar refractivity (Wildman–Crippen MR) is 112 cm³/mol. The Morgan fingerprint density at radius 2 is 2.03 bits per heavy atom. The fourth-order valence-electron chi connectivity index (χ4n) is 3.95. The third kappa shape index (κ3) is 4.25. The molecule has 1 aromatic heterocycles. The van der Waals surface area contributed by atoms with Crippen LogP contribution < -0.4 is 9.47 Å². The van der Waals surface area contributed by atoms with Crippen LogP contribution in [0.5, 0.6) is 11.6 Å². The maximum absolute atomic E-state index is 14.3. The highest BCUT2D eigenvalue weighted by atomic mass is 32.2. The van der Waals surface area contributed by atoms with Crippen molar-refractivity contribution >= 4 is 15.9 Å². The predicted octanol–water partition coefficient (Wildman–Crippen LogP) is 2.73. The minimum Gasteiger partial charge on any atom is -0.486 e. The summed E-state index contributed by atoms with van der Waals surface area (Å²) in [7, 11) is -3.50. The average molecular weight is 468 g/mol. The summed E-state index contributed by atoms with van der Waals surface area (Å²) in [5, 5.41) is 4.48. The molecule has 0 radical (unpaired) electrons. The van der Waals surface area contributed by atoms with Crippen molar-refractivity contribution in [3.05, 3.63) is 35.8 Å². The molecule has 1 saturated heterocycles. The number of likely N-dealkylation sites (tertiary alicyclic amines) is 1. The van der Waals surface area contributed by atoms with Crippen molar-refractivity contribution in [2.24, 2.45) is 0 Å². The number of hydrogen-bond donors (Lipinski definition) is 0. The number of aromatic nitrogens is 2. The molecule has 0 unspecified atom stereocenters. The third-order valence-corrected chi connectivity index (χ3v) is 6.84. The third-order valence-electron chi connectivity index (χ3n) is 5.73. The van der Waals surface area contributed by atoms with Crippen molar-refractivity contribution in [1.29, 1.82) is 0 Å². The minimum absolute atomic E-state index is 0.0212. The Bertz CT molecular complexity index is 1120. The van der Waals surface area contributed by atoms with Gasteiger partial charge in [-0.25, -0.2) is 22.3 Å². The first kappa shape index (κ1) is 22.4. The van der Waals surface area contributed by atoms with Gasteiger partial charge in [-0.15, -0.1) is 0 Å². The summed E-state index contributed by atoms with van der Waals surface area (Å²) in [5.41, 5.74) is 0.319. The van der Waals surface area contributed by atoms with Crippen molar-refractivity contribution in [2.45, 2.75) is 49.8 Å². The molecule has 2 aromatic rings. The maximum Gasteiger partial charge on any atom is 0.410 e. The molecule has 2 aliphatic heterocycles. The van der Waals surface area contributed by atoms with Gasteiger partial charge in [0.1, 0.15) is 18.8 Å². The lowest BCUT2D eigenvalue weighted by Gasteiger charge is -2.37. The van der Waals surface area contributed by atoms with Gasteiger partial charge in [-0.3, -0.25) is 0 Å². The number of sulfone groups is 1. The molecule has 1 amide bonds. The summed E-state index contributed by atoms with van der Waals surface area (Å²) in [6.45, 7) is 5.18. The fraction of sp³-hybridized carbons (Fsp3) is 0.524. The van der Waals surface area contributed by atoms with Crippen LogP contribution in [-0.4, -0.2) is 61.2 Å². The second-order valence-electron chi connectivity index (χ2n) is 8.47. The van der Waals surface area contributed by atoms with Crippen LogP contribution in [-0.2, 0) is 26.7 Å². The van der Waals surface area contributed by atoms with E-state index in [1.165, 1.54) is 12.1 Å². The van der Waals surface area contributed by atoms with Gasteiger partial charge in [0.25, 0.3) is 0 Å². The normalized spacial score (nSPS) is 17.3. The van der Waals surface area contributed by atoms with Crippen molar-refractivity contribution in [3.8, 4) is 11.6 Å². The fourth-order valence-corrected chi connectivity index (χ4v) is 4.58. The number of fused-ring (bicyclic) bond motifs is 2. The second kappa shape index (κ2) is 8.27. The Hall–Kier alpha value is -2.82. The van der Waals surface area contributed by atoms with Gasteiger partial charge in [-0.05, 0) is 44.9 Å². The summed E-state index contributed by atoms with van der Waals surface area (Å²) in [5.74, 6) is -0.242. The molecule has 1 spiro atoms. The molecule has 174 valence electrons. The van der Waals surface area contributed by atoms with Crippen molar-refractivity contribution < 1.29 is 31.8 Å².